The van der Waals surface area contributed by atoms with Gasteiger partial charge < -0.3 is 10.1 Å². The third-order valence-corrected chi connectivity index (χ3v) is 3.51. The van der Waals surface area contributed by atoms with Crippen LogP contribution in [0.4, 0.5) is 0 Å². The van der Waals surface area contributed by atoms with Crippen LogP contribution in [0.15, 0.2) is 36.5 Å². The summed E-state index contributed by atoms with van der Waals surface area (Å²) >= 11 is 3.38. The Balaban J connectivity index is 2.22. The molecule has 0 saturated carbocycles. The molecule has 0 aliphatic heterocycles. The van der Waals surface area contributed by atoms with E-state index < -0.39 is 0 Å². The van der Waals surface area contributed by atoms with Gasteiger partial charge in [-0.2, -0.15) is 0 Å². The average Bonchev–Trinajstić information content (AvgIpc) is 2.47. The van der Waals surface area contributed by atoms with Crippen LogP contribution in [0.1, 0.15) is 16.9 Å². The number of rotatable bonds is 6. The lowest BCUT2D eigenvalue weighted by atomic mass is 10.1. The van der Waals surface area contributed by atoms with Crippen LogP contribution in [0.25, 0.3) is 10.8 Å². The van der Waals surface area contributed by atoms with Gasteiger partial charge in [0.05, 0.1) is 12.6 Å². The van der Waals surface area contributed by atoms with Gasteiger partial charge in [-0.1, -0.05) is 40.2 Å². The molecule has 1 atom stereocenters. The van der Waals surface area contributed by atoms with Crippen LogP contribution in [0.2, 0.25) is 0 Å². The molecular weight excluding hydrogens is 320 g/mol. The van der Waals surface area contributed by atoms with Crippen molar-refractivity contribution in [2.24, 2.45) is 0 Å². The van der Waals surface area contributed by atoms with Gasteiger partial charge in [0.2, 0.25) is 0 Å². The van der Waals surface area contributed by atoms with E-state index in [0.29, 0.717) is 12.3 Å². The van der Waals surface area contributed by atoms with Crippen molar-refractivity contribution >= 4 is 32.6 Å². The van der Waals surface area contributed by atoms with Crippen LogP contribution in [0, 0.1) is 0 Å². The van der Waals surface area contributed by atoms with Crippen molar-refractivity contribution in [1.29, 1.82) is 0 Å². The summed E-state index contributed by atoms with van der Waals surface area (Å²) in [5.74, 6) is -0.162. The summed E-state index contributed by atoms with van der Waals surface area (Å²) in [7, 11) is 1.63. The Morgan fingerprint density at radius 1 is 1.40 bits per heavy atom. The largest absolute Gasteiger partial charge is 0.383 e. The molecule has 4 nitrogen and oxygen atoms in total. The molecule has 20 heavy (non-hydrogen) atoms. The summed E-state index contributed by atoms with van der Waals surface area (Å²) < 4.78 is 5.12. The summed E-state index contributed by atoms with van der Waals surface area (Å²) in [5, 5.41) is 5.65. The highest BCUT2D eigenvalue weighted by Crippen LogP contribution is 2.16. The number of pyridine rings is 1. The number of hydrogen-bond acceptors (Lipinski definition) is 3. The Labute approximate surface area is 126 Å². The third-order valence-electron chi connectivity index (χ3n) is 3.05. The number of benzene rings is 1. The Kier molecular flexibility index (Phi) is 5.49. The van der Waals surface area contributed by atoms with Gasteiger partial charge >= 0.3 is 0 Å². The first kappa shape index (κ1) is 14.9. The number of halogens is 1. The van der Waals surface area contributed by atoms with Crippen molar-refractivity contribution in [2.75, 3.05) is 19.0 Å². The molecule has 0 aliphatic rings. The molecule has 106 valence electrons. The van der Waals surface area contributed by atoms with Gasteiger partial charge in [-0.05, 0) is 17.9 Å². The predicted octanol–water partition coefficient (Wildman–Crippen LogP) is 2.76. The highest BCUT2D eigenvalue weighted by Gasteiger charge is 2.16. The number of amides is 1. The number of aromatic nitrogens is 1. The number of methoxy groups -OCH3 is 1. The molecule has 1 aromatic heterocycles. The van der Waals surface area contributed by atoms with Gasteiger partial charge in [-0.25, -0.2) is 0 Å². The van der Waals surface area contributed by atoms with Crippen molar-refractivity contribution in [3.8, 4) is 0 Å². The second kappa shape index (κ2) is 7.36. The van der Waals surface area contributed by atoms with Crippen LogP contribution < -0.4 is 5.32 Å². The Bertz CT molecular complexity index is 578. The number of nitrogens with zero attached hydrogens (tertiary/aromatic N) is 1. The molecule has 0 aliphatic carbocycles. The van der Waals surface area contributed by atoms with Gasteiger partial charge in [0, 0.05) is 24.0 Å². The highest BCUT2D eigenvalue weighted by molar-refractivity contribution is 9.09. The van der Waals surface area contributed by atoms with Crippen molar-refractivity contribution in [3.05, 3.63) is 42.2 Å². The lowest BCUT2D eigenvalue weighted by Crippen LogP contribution is -2.38. The quantitative estimate of drug-likeness (QED) is 0.825. The molecule has 1 aromatic carbocycles. The molecule has 1 unspecified atom stereocenters. The second-order valence-corrected chi connectivity index (χ2v) is 5.28. The molecule has 0 fully saturated rings. The van der Waals surface area contributed by atoms with E-state index in [9.17, 15) is 4.79 Å². The van der Waals surface area contributed by atoms with E-state index in [1.807, 2.05) is 30.3 Å². The summed E-state index contributed by atoms with van der Waals surface area (Å²) in [5.41, 5.74) is 0.457. The molecule has 0 saturated heterocycles. The number of fused-ring (bicyclic) bond motifs is 1. The lowest BCUT2D eigenvalue weighted by molar-refractivity contribution is 0.0892. The molecule has 1 amide bonds. The molecule has 5 heteroatoms. The van der Waals surface area contributed by atoms with E-state index in [2.05, 4.69) is 26.2 Å². The summed E-state index contributed by atoms with van der Waals surface area (Å²) in [4.78, 5) is 16.6. The monoisotopic (exact) mass is 336 g/mol. The molecule has 2 rings (SSSR count). The van der Waals surface area contributed by atoms with E-state index in [-0.39, 0.29) is 11.9 Å². The van der Waals surface area contributed by atoms with Crippen LogP contribution in [-0.4, -0.2) is 36.0 Å². The number of carbonyl (C=O) groups is 1. The minimum absolute atomic E-state index is 0.0207. The maximum atomic E-state index is 12.4. The molecule has 1 N–H and O–H groups in total. The predicted molar refractivity (Wildman–Crippen MR) is 83.3 cm³/mol. The first-order valence-corrected chi connectivity index (χ1v) is 7.58. The number of carbonyl (C=O) groups excluding carboxylic acids is 1. The topological polar surface area (TPSA) is 51.2 Å². The van der Waals surface area contributed by atoms with Crippen LogP contribution >= 0.6 is 15.9 Å². The Morgan fingerprint density at radius 3 is 2.95 bits per heavy atom. The number of nitrogens with one attached hydrogen (secondary N) is 1. The molecule has 0 bridgehead atoms. The van der Waals surface area contributed by atoms with Crippen molar-refractivity contribution in [3.63, 3.8) is 0 Å². The van der Waals surface area contributed by atoms with Gasteiger partial charge in [0.25, 0.3) is 5.91 Å². The molecule has 0 radical (unpaired) electrons. The standard InChI is InChI=1S/C15H17BrN2O2/c1-20-10-12(6-8-16)18-15(19)14-13-5-3-2-4-11(13)7-9-17-14/h2-5,7,9,12H,6,8,10H2,1H3,(H,18,19). The Hall–Kier alpha value is -1.46. The van der Waals surface area contributed by atoms with Gasteiger partial charge in [-0.3, -0.25) is 9.78 Å². The first-order chi connectivity index (χ1) is 9.76. The Morgan fingerprint density at radius 2 is 2.20 bits per heavy atom. The number of alkyl halides is 1. The summed E-state index contributed by atoms with van der Waals surface area (Å²) in [6.07, 6.45) is 2.47. The summed E-state index contributed by atoms with van der Waals surface area (Å²) in [6, 6.07) is 9.62. The van der Waals surface area contributed by atoms with Gasteiger partial charge in [-0.15, -0.1) is 0 Å². The van der Waals surface area contributed by atoms with E-state index in [0.717, 1.165) is 22.5 Å². The lowest BCUT2D eigenvalue weighted by Gasteiger charge is -2.17. The van der Waals surface area contributed by atoms with Crippen molar-refractivity contribution in [2.45, 2.75) is 12.5 Å². The van der Waals surface area contributed by atoms with Gasteiger partial charge in [0.15, 0.2) is 0 Å². The fourth-order valence-corrected chi connectivity index (χ4v) is 2.64. The van der Waals surface area contributed by atoms with E-state index >= 15 is 0 Å². The second-order valence-electron chi connectivity index (χ2n) is 4.48. The number of ether oxygens (including phenoxy) is 1. The van der Waals surface area contributed by atoms with E-state index in [4.69, 9.17) is 4.74 Å². The van der Waals surface area contributed by atoms with Crippen molar-refractivity contribution in [1.82, 2.24) is 10.3 Å². The van der Waals surface area contributed by atoms with E-state index in [1.54, 1.807) is 13.3 Å². The molecule has 1 heterocycles. The maximum Gasteiger partial charge on any atom is 0.270 e. The fraction of sp³-hybridized carbons (Fsp3) is 0.333. The smallest absolute Gasteiger partial charge is 0.270 e. The number of hydrogen-bond donors (Lipinski definition) is 1. The minimum Gasteiger partial charge on any atom is -0.383 e. The normalized spacial score (nSPS) is 12.3. The van der Waals surface area contributed by atoms with Crippen LogP contribution in [-0.2, 0) is 4.74 Å². The van der Waals surface area contributed by atoms with Gasteiger partial charge in [0.1, 0.15) is 5.69 Å². The van der Waals surface area contributed by atoms with Crippen molar-refractivity contribution < 1.29 is 9.53 Å². The zero-order valence-corrected chi connectivity index (χ0v) is 12.9. The third kappa shape index (κ3) is 3.55. The first-order valence-electron chi connectivity index (χ1n) is 6.45. The SMILES string of the molecule is COCC(CCBr)NC(=O)c1nccc2ccccc12. The molecular formula is C15H17BrN2O2. The van der Waals surface area contributed by atoms with Crippen LogP contribution in [0.3, 0.4) is 0 Å². The highest BCUT2D eigenvalue weighted by atomic mass is 79.9. The average molecular weight is 337 g/mol. The zero-order chi connectivity index (χ0) is 14.4. The molecule has 2 aromatic rings. The van der Waals surface area contributed by atoms with E-state index in [1.165, 1.54) is 0 Å². The molecule has 0 spiro atoms. The zero-order valence-electron chi connectivity index (χ0n) is 11.3. The summed E-state index contributed by atoms with van der Waals surface area (Å²) in [6.45, 7) is 0.488. The fourth-order valence-electron chi connectivity index (χ4n) is 2.08. The maximum absolute atomic E-state index is 12.4. The minimum atomic E-state index is -0.162. The van der Waals surface area contributed by atoms with Crippen LogP contribution in [0.5, 0.6) is 0 Å².